The van der Waals surface area contributed by atoms with Gasteiger partial charge in [0.1, 0.15) is 0 Å². The van der Waals surface area contributed by atoms with Crippen molar-refractivity contribution < 1.29 is 9.53 Å². The van der Waals surface area contributed by atoms with Crippen molar-refractivity contribution >= 4 is 28.9 Å². The first-order valence-electron chi connectivity index (χ1n) is 6.97. The van der Waals surface area contributed by atoms with Crippen molar-refractivity contribution in [2.24, 2.45) is 0 Å². The Bertz CT molecular complexity index is 845. The number of nitrogens with one attached hydrogen (secondary N) is 1. The van der Waals surface area contributed by atoms with Crippen LogP contribution in [0.25, 0.3) is 11.2 Å². The van der Waals surface area contributed by atoms with E-state index in [9.17, 15) is 4.79 Å². The molecule has 1 amide bonds. The molecule has 118 valence electrons. The molecule has 3 aromatic rings. The molecule has 2 aromatic heterocycles. The van der Waals surface area contributed by atoms with E-state index in [1.807, 2.05) is 19.9 Å². The van der Waals surface area contributed by atoms with Crippen molar-refractivity contribution in [1.82, 2.24) is 25.0 Å². The number of amides is 1. The molecule has 0 bridgehead atoms. The minimum Gasteiger partial charge on any atom is -0.388 e. The van der Waals surface area contributed by atoms with E-state index in [2.05, 4.69) is 25.6 Å². The molecule has 3 N–H and O–H groups in total. The van der Waals surface area contributed by atoms with Gasteiger partial charge in [-0.05, 0) is 26.0 Å². The molecule has 3 rings (SSSR count). The number of ether oxygens (including phenoxy) is 1. The van der Waals surface area contributed by atoms with Crippen molar-refractivity contribution in [2.45, 2.75) is 19.9 Å². The summed E-state index contributed by atoms with van der Waals surface area (Å²) in [6.45, 7) is 3.85. The standard InChI is InChI=1S/C14H15N7O2/c1-8(2)21-11-10(19-20-21)12(18-13(15)17-11)23-14(22)16-9-6-4-3-5-7-9/h3-8H,1-2H3,(H,16,22)(H2,15,17,18). The van der Waals surface area contributed by atoms with Gasteiger partial charge in [-0.15, -0.1) is 5.10 Å². The molecular weight excluding hydrogens is 298 g/mol. The number of nitrogens with two attached hydrogens (primary N) is 1. The number of fused-ring (bicyclic) bond motifs is 1. The molecule has 0 aliphatic rings. The molecule has 9 heteroatoms. The molecule has 0 saturated carbocycles. The van der Waals surface area contributed by atoms with Gasteiger partial charge in [-0.25, -0.2) is 9.48 Å². The molecule has 0 radical (unpaired) electrons. The highest BCUT2D eigenvalue weighted by Crippen LogP contribution is 2.23. The van der Waals surface area contributed by atoms with E-state index in [1.165, 1.54) is 0 Å². The SMILES string of the molecule is CC(C)n1nnc2c(OC(=O)Nc3ccccc3)nc(N)nc21. The molecule has 0 spiro atoms. The summed E-state index contributed by atoms with van der Waals surface area (Å²) in [5.41, 5.74) is 6.96. The molecule has 0 aliphatic heterocycles. The summed E-state index contributed by atoms with van der Waals surface area (Å²) in [6.07, 6.45) is -0.699. The quantitative estimate of drug-likeness (QED) is 0.758. The van der Waals surface area contributed by atoms with Crippen LogP contribution in [0.5, 0.6) is 5.88 Å². The molecule has 23 heavy (non-hydrogen) atoms. The van der Waals surface area contributed by atoms with E-state index >= 15 is 0 Å². The number of anilines is 2. The maximum atomic E-state index is 12.0. The summed E-state index contributed by atoms with van der Waals surface area (Å²) in [6, 6.07) is 8.94. The van der Waals surface area contributed by atoms with Crippen LogP contribution in [0.2, 0.25) is 0 Å². The third-order valence-corrected chi connectivity index (χ3v) is 3.01. The molecule has 0 unspecified atom stereocenters. The summed E-state index contributed by atoms with van der Waals surface area (Å²) in [5, 5.41) is 10.5. The summed E-state index contributed by atoms with van der Waals surface area (Å²) >= 11 is 0. The molecule has 0 aliphatic carbocycles. The highest BCUT2D eigenvalue weighted by molar-refractivity contribution is 5.88. The number of aromatic nitrogens is 5. The van der Waals surface area contributed by atoms with Gasteiger partial charge >= 0.3 is 6.09 Å². The second-order valence-electron chi connectivity index (χ2n) is 5.07. The lowest BCUT2D eigenvalue weighted by atomic mass is 10.3. The zero-order chi connectivity index (χ0) is 16.4. The minimum absolute atomic E-state index is 0.0239. The normalized spacial score (nSPS) is 10.9. The Morgan fingerprint density at radius 1 is 1.26 bits per heavy atom. The number of rotatable bonds is 3. The minimum atomic E-state index is -0.699. The molecule has 0 fully saturated rings. The van der Waals surface area contributed by atoms with Crippen LogP contribution in [-0.4, -0.2) is 31.1 Å². The highest BCUT2D eigenvalue weighted by atomic mass is 16.6. The van der Waals surface area contributed by atoms with Crippen LogP contribution in [0.3, 0.4) is 0 Å². The summed E-state index contributed by atoms with van der Waals surface area (Å²) in [7, 11) is 0. The predicted molar refractivity (Wildman–Crippen MR) is 84.0 cm³/mol. The lowest BCUT2D eigenvalue weighted by Gasteiger charge is -2.07. The average molecular weight is 313 g/mol. The Morgan fingerprint density at radius 2 is 2.00 bits per heavy atom. The van der Waals surface area contributed by atoms with Crippen molar-refractivity contribution in [3.63, 3.8) is 0 Å². The van der Waals surface area contributed by atoms with Crippen LogP contribution >= 0.6 is 0 Å². The molecular formula is C14H15N7O2. The predicted octanol–water partition coefficient (Wildman–Crippen LogP) is 2.00. The van der Waals surface area contributed by atoms with Crippen molar-refractivity contribution in [3.8, 4) is 5.88 Å². The molecule has 1 aromatic carbocycles. The first-order valence-corrected chi connectivity index (χ1v) is 6.97. The van der Waals surface area contributed by atoms with Gasteiger partial charge < -0.3 is 10.5 Å². The van der Waals surface area contributed by atoms with E-state index in [4.69, 9.17) is 10.5 Å². The third-order valence-electron chi connectivity index (χ3n) is 3.01. The Hall–Kier alpha value is -3.23. The Labute approximate surface area is 131 Å². The summed E-state index contributed by atoms with van der Waals surface area (Å²) in [4.78, 5) is 20.0. The Morgan fingerprint density at radius 3 is 2.70 bits per heavy atom. The molecule has 0 atom stereocenters. The van der Waals surface area contributed by atoms with E-state index in [-0.39, 0.29) is 23.4 Å². The van der Waals surface area contributed by atoms with Crippen molar-refractivity contribution in [1.29, 1.82) is 0 Å². The largest absolute Gasteiger partial charge is 0.418 e. The van der Waals surface area contributed by atoms with Crippen molar-refractivity contribution in [3.05, 3.63) is 30.3 Å². The second-order valence-corrected chi connectivity index (χ2v) is 5.07. The average Bonchev–Trinajstić information content (AvgIpc) is 2.92. The number of carbonyl (C=O) groups is 1. The number of benzene rings is 1. The van der Waals surface area contributed by atoms with Crippen LogP contribution in [0.4, 0.5) is 16.4 Å². The van der Waals surface area contributed by atoms with Crippen LogP contribution in [-0.2, 0) is 0 Å². The maximum absolute atomic E-state index is 12.0. The molecule has 2 heterocycles. The van der Waals surface area contributed by atoms with E-state index in [1.54, 1.807) is 28.9 Å². The number of para-hydroxylation sites is 1. The van der Waals surface area contributed by atoms with Gasteiger partial charge in [0, 0.05) is 5.69 Å². The number of carbonyl (C=O) groups excluding carboxylic acids is 1. The smallest absolute Gasteiger partial charge is 0.388 e. The lowest BCUT2D eigenvalue weighted by molar-refractivity contribution is 0.214. The van der Waals surface area contributed by atoms with Gasteiger partial charge in [0.05, 0.1) is 6.04 Å². The lowest BCUT2D eigenvalue weighted by Crippen LogP contribution is -2.18. The fourth-order valence-electron chi connectivity index (χ4n) is 1.99. The third kappa shape index (κ3) is 3.03. The van der Waals surface area contributed by atoms with Crippen LogP contribution < -0.4 is 15.8 Å². The Balaban J connectivity index is 1.89. The number of hydrogen-bond acceptors (Lipinski definition) is 7. The van der Waals surface area contributed by atoms with Gasteiger partial charge in [-0.3, -0.25) is 5.32 Å². The van der Waals surface area contributed by atoms with Crippen LogP contribution in [0.1, 0.15) is 19.9 Å². The summed E-state index contributed by atoms with van der Waals surface area (Å²) < 4.78 is 6.79. The highest BCUT2D eigenvalue weighted by Gasteiger charge is 2.18. The molecule has 9 nitrogen and oxygen atoms in total. The van der Waals surface area contributed by atoms with Gasteiger partial charge in [0.15, 0.2) is 11.2 Å². The first-order chi connectivity index (χ1) is 11.0. The fourth-order valence-corrected chi connectivity index (χ4v) is 1.99. The van der Waals surface area contributed by atoms with Crippen LogP contribution in [0.15, 0.2) is 30.3 Å². The van der Waals surface area contributed by atoms with E-state index < -0.39 is 6.09 Å². The van der Waals surface area contributed by atoms with E-state index in [0.29, 0.717) is 11.3 Å². The monoisotopic (exact) mass is 313 g/mol. The van der Waals surface area contributed by atoms with E-state index in [0.717, 1.165) is 0 Å². The van der Waals surface area contributed by atoms with Gasteiger partial charge in [-0.2, -0.15) is 9.97 Å². The molecule has 0 saturated heterocycles. The summed E-state index contributed by atoms with van der Waals surface area (Å²) in [5.74, 6) is -0.0583. The Kier molecular flexibility index (Phi) is 3.75. The number of nitrogen functional groups attached to an aromatic ring is 1. The second kappa shape index (κ2) is 5.87. The number of nitrogens with zero attached hydrogens (tertiary/aromatic N) is 5. The zero-order valence-electron chi connectivity index (χ0n) is 12.6. The zero-order valence-corrected chi connectivity index (χ0v) is 12.6. The number of hydrogen-bond donors (Lipinski definition) is 2. The van der Waals surface area contributed by atoms with Gasteiger partial charge in [0.2, 0.25) is 5.95 Å². The van der Waals surface area contributed by atoms with Crippen LogP contribution in [0, 0.1) is 0 Å². The topological polar surface area (TPSA) is 121 Å². The fraction of sp³-hybridized carbons (Fsp3) is 0.214. The maximum Gasteiger partial charge on any atom is 0.418 e. The first kappa shape index (κ1) is 14.7. The van der Waals surface area contributed by atoms with Crippen molar-refractivity contribution in [2.75, 3.05) is 11.1 Å². The van der Waals surface area contributed by atoms with Gasteiger partial charge in [-0.1, -0.05) is 23.4 Å². The van der Waals surface area contributed by atoms with Gasteiger partial charge in [0.25, 0.3) is 5.88 Å².